The van der Waals surface area contributed by atoms with E-state index in [0.717, 1.165) is 23.7 Å². The van der Waals surface area contributed by atoms with Crippen LogP contribution in [0.5, 0.6) is 0 Å². The van der Waals surface area contributed by atoms with Crippen LogP contribution in [-0.2, 0) is 0 Å². The summed E-state index contributed by atoms with van der Waals surface area (Å²) in [7, 11) is 0. The van der Waals surface area contributed by atoms with Crippen LogP contribution >= 0.6 is 63.7 Å². The molecule has 4 atom stereocenters. The number of halogens is 4. The largest absolute Gasteiger partial charge is 0.0868 e. The minimum Gasteiger partial charge on any atom is -0.0721 e. The van der Waals surface area contributed by atoms with Crippen molar-refractivity contribution in [1.29, 1.82) is 0 Å². The molecule has 0 heterocycles. The van der Waals surface area contributed by atoms with Crippen LogP contribution in [0.15, 0.2) is 0 Å². The van der Waals surface area contributed by atoms with E-state index in [0.29, 0.717) is 6.47 Å². The van der Waals surface area contributed by atoms with Crippen LogP contribution in [0.4, 0.5) is 0 Å². The highest BCUT2D eigenvalue weighted by Gasteiger charge is 2.75. The lowest BCUT2D eigenvalue weighted by atomic mass is 10.0. The maximum Gasteiger partial charge on any atom is 0.0868 e. The van der Waals surface area contributed by atoms with Crippen LogP contribution in [0.1, 0.15) is 12.8 Å². The van der Waals surface area contributed by atoms with Crippen LogP contribution in [0.2, 0.25) is 0 Å². The molecule has 4 heteroatoms. The second-order valence-corrected chi connectivity index (χ2v) is 11.6. The van der Waals surface area contributed by atoms with Gasteiger partial charge in [0, 0.05) is 0 Å². The van der Waals surface area contributed by atoms with Crippen molar-refractivity contribution >= 4 is 63.7 Å². The quantitative estimate of drug-likeness (QED) is 0.511. The lowest BCUT2D eigenvalue weighted by Gasteiger charge is -2.02. The molecule has 0 saturated heterocycles. The summed E-state index contributed by atoms with van der Waals surface area (Å²) in [4.78, 5) is 0. The zero-order chi connectivity index (χ0) is 8.72. The minimum absolute atomic E-state index is 0.309. The zero-order valence-electron chi connectivity index (χ0n) is 6.24. The van der Waals surface area contributed by atoms with Gasteiger partial charge in [0.1, 0.15) is 0 Å². The van der Waals surface area contributed by atoms with Gasteiger partial charge in [0.05, 0.1) is 6.47 Å². The first-order valence-electron chi connectivity index (χ1n) is 4.21. The Labute approximate surface area is 106 Å². The predicted molar refractivity (Wildman–Crippen MR) is 64.4 cm³/mol. The van der Waals surface area contributed by atoms with Crippen molar-refractivity contribution in [2.24, 2.45) is 23.7 Å². The molecule has 0 aromatic carbocycles. The van der Waals surface area contributed by atoms with Crippen molar-refractivity contribution in [1.82, 2.24) is 0 Å². The Kier molecular flexibility index (Phi) is 1.80. The van der Waals surface area contributed by atoms with Crippen LogP contribution in [0, 0.1) is 23.7 Å². The Bertz CT molecular complexity index is 201. The molecule has 3 saturated carbocycles. The van der Waals surface area contributed by atoms with Gasteiger partial charge in [0.2, 0.25) is 0 Å². The van der Waals surface area contributed by atoms with Crippen molar-refractivity contribution in [3.8, 4) is 0 Å². The van der Waals surface area contributed by atoms with Crippen molar-refractivity contribution in [3.63, 3.8) is 0 Å². The fraction of sp³-hybridized carbons (Fsp3) is 1.00. The normalized spacial score (nSPS) is 57.0. The predicted octanol–water partition coefficient (Wildman–Crippen LogP) is 4.24. The summed E-state index contributed by atoms with van der Waals surface area (Å²) in [6.07, 6.45) is 2.73. The SMILES string of the molecule is BrC1(Br)[C@@H]2C[C@@H]3[C@H](C[C@@H]21)C3(Br)Br. The first kappa shape index (κ1) is 9.17. The van der Waals surface area contributed by atoms with E-state index in [4.69, 9.17) is 0 Å². The van der Waals surface area contributed by atoms with Crippen LogP contribution in [0.3, 0.4) is 0 Å². The maximum atomic E-state index is 3.75. The van der Waals surface area contributed by atoms with Gasteiger partial charge in [-0.3, -0.25) is 0 Å². The lowest BCUT2D eigenvalue weighted by Crippen LogP contribution is -1.95. The van der Waals surface area contributed by atoms with Gasteiger partial charge in [-0.2, -0.15) is 0 Å². The van der Waals surface area contributed by atoms with E-state index in [1.54, 1.807) is 0 Å². The van der Waals surface area contributed by atoms with Gasteiger partial charge in [-0.25, -0.2) is 0 Å². The van der Waals surface area contributed by atoms with Gasteiger partial charge in [-0.15, -0.1) is 0 Å². The summed E-state index contributed by atoms with van der Waals surface area (Å²) in [6.45, 7) is 0. The van der Waals surface area contributed by atoms with E-state index in [1.807, 2.05) is 0 Å². The molecule has 0 amide bonds. The molecule has 0 aromatic rings. The molecule has 0 radical (unpaired) electrons. The number of rotatable bonds is 0. The molecular weight excluding hydrogens is 416 g/mol. The van der Waals surface area contributed by atoms with E-state index in [-0.39, 0.29) is 0 Å². The van der Waals surface area contributed by atoms with Gasteiger partial charge in [0.15, 0.2) is 0 Å². The van der Waals surface area contributed by atoms with E-state index in [2.05, 4.69) is 63.7 Å². The number of alkyl halides is 4. The molecule has 0 spiro atoms. The number of hydrogen-bond donors (Lipinski definition) is 0. The van der Waals surface area contributed by atoms with Crippen LogP contribution < -0.4 is 0 Å². The second-order valence-electron chi connectivity index (χ2n) is 4.25. The molecule has 0 aliphatic heterocycles. The van der Waals surface area contributed by atoms with Crippen molar-refractivity contribution in [2.45, 2.75) is 19.3 Å². The molecule has 12 heavy (non-hydrogen) atoms. The zero-order valence-corrected chi connectivity index (χ0v) is 12.6. The Hall–Kier alpha value is 1.92. The first-order valence-corrected chi connectivity index (χ1v) is 7.38. The molecule has 0 aromatic heterocycles. The van der Waals surface area contributed by atoms with Gasteiger partial charge in [-0.05, 0) is 36.5 Å². The summed E-state index contributed by atoms with van der Waals surface area (Å²) in [5.74, 6) is 3.48. The van der Waals surface area contributed by atoms with Gasteiger partial charge < -0.3 is 0 Å². The molecule has 0 unspecified atom stereocenters. The average molecular weight is 424 g/mol. The van der Waals surface area contributed by atoms with E-state index in [9.17, 15) is 0 Å². The fourth-order valence-electron chi connectivity index (χ4n) is 2.75. The van der Waals surface area contributed by atoms with Crippen molar-refractivity contribution < 1.29 is 0 Å². The molecule has 0 N–H and O–H groups in total. The Morgan fingerprint density at radius 3 is 1.17 bits per heavy atom. The molecule has 0 nitrogen and oxygen atoms in total. The Balaban J connectivity index is 1.80. The second kappa shape index (κ2) is 2.35. The van der Waals surface area contributed by atoms with Crippen molar-refractivity contribution in [3.05, 3.63) is 0 Å². The topological polar surface area (TPSA) is 0 Å². The minimum atomic E-state index is 0.309. The summed E-state index contributed by atoms with van der Waals surface area (Å²) in [5, 5.41) is 0. The smallest absolute Gasteiger partial charge is 0.0721 e. The molecule has 3 aliphatic carbocycles. The monoisotopic (exact) mass is 420 g/mol. The highest BCUT2D eigenvalue weighted by atomic mass is 79.9. The Morgan fingerprint density at radius 2 is 0.917 bits per heavy atom. The van der Waals surface area contributed by atoms with Crippen LogP contribution in [-0.4, -0.2) is 6.47 Å². The highest BCUT2D eigenvalue weighted by molar-refractivity contribution is 9.26. The molecular formula is C8H8Br4. The number of fused-ring (bicyclic) bond motifs is 2. The average Bonchev–Trinajstić information content (AvgIpc) is 2.72. The summed E-state index contributed by atoms with van der Waals surface area (Å²) >= 11 is 15.0. The third-order valence-corrected chi connectivity index (χ3v) is 8.45. The maximum absolute atomic E-state index is 3.75. The van der Waals surface area contributed by atoms with Gasteiger partial charge >= 0.3 is 0 Å². The molecule has 3 fully saturated rings. The summed E-state index contributed by atoms with van der Waals surface area (Å²) in [5.41, 5.74) is 0. The van der Waals surface area contributed by atoms with E-state index < -0.39 is 0 Å². The molecule has 3 aliphatic rings. The van der Waals surface area contributed by atoms with Crippen LogP contribution in [0.25, 0.3) is 0 Å². The first-order chi connectivity index (χ1) is 5.45. The molecule has 0 bridgehead atoms. The number of hydrogen-bond acceptors (Lipinski definition) is 0. The van der Waals surface area contributed by atoms with E-state index in [1.165, 1.54) is 12.8 Å². The van der Waals surface area contributed by atoms with E-state index >= 15 is 0 Å². The van der Waals surface area contributed by atoms with Gasteiger partial charge in [-0.1, -0.05) is 63.7 Å². The van der Waals surface area contributed by atoms with Crippen molar-refractivity contribution in [2.75, 3.05) is 0 Å². The third kappa shape index (κ3) is 0.989. The standard InChI is InChI=1S/C8H8Br4/c9-7(10)3-1-4-6(2-5(3)7)8(4,11)12/h3-6H,1-2H2/t3-,4-,5+,6+. The third-order valence-electron chi connectivity index (χ3n) is 3.75. The molecule has 3 rings (SSSR count). The highest BCUT2D eigenvalue weighted by Crippen LogP contribution is 2.79. The van der Waals surface area contributed by atoms with Gasteiger partial charge in [0.25, 0.3) is 0 Å². The fourth-order valence-corrected chi connectivity index (χ4v) is 6.27. The molecule has 68 valence electrons. The Morgan fingerprint density at radius 1 is 0.667 bits per heavy atom. The lowest BCUT2D eigenvalue weighted by molar-refractivity contribution is 0.457. The summed E-state index contributed by atoms with van der Waals surface area (Å²) in [6, 6.07) is 0. The summed E-state index contributed by atoms with van der Waals surface area (Å²) < 4.78 is 0.618.